The number of methoxy groups -OCH3 is 1. The van der Waals surface area contributed by atoms with E-state index in [0.717, 1.165) is 25.4 Å². The highest BCUT2D eigenvalue weighted by Gasteiger charge is 2.30. The van der Waals surface area contributed by atoms with Gasteiger partial charge in [-0.15, -0.1) is 0 Å². The molecule has 0 aliphatic heterocycles. The molecule has 0 atom stereocenters. The first-order valence-electron chi connectivity index (χ1n) is 7.58. The normalized spacial score (nSPS) is 14.2. The van der Waals surface area contributed by atoms with Crippen molar-refractivity contribution < 1.29 is 9.47 Å². The van der Waals surface area contributed by atoms with E-state index in [4.69, 9.17) is 9.47 Å². The SMILES string of the molecule is COC(C)(C)CCOC(C)(C)CC(C)(C)CC(C)C. The average molecular weight is 272 g/mol. The van der Waals surface area contributed by atoms with Crippen LogP contribution < -0.4 is 0 Å². The maximum absolute atomic E-state index is 6.10. The summed E-state index contributed by atoms with van der Waals surface area (Å²) in [6.45, 7) is 18.6. The molecule has 2 heteroatoms. The summed E-state index contributed by atoms with van der Waals surface area (Å²) in [5, 5.41) is 0. The van der Waals surface area contributed by atoms with E-state index in [9.17, 15) is 0 Å². The summed E-state index contributed by atoms with van der Waals surface area (Å²) in [5.74, 6) is 0.734. The summed E-state index contributed by atoms with van der Waals surface area (Å²) in [5.41, 5.74) is 0.167. The second-order valence-corrected chi connectivity index (χ2v) is 8.26. The van der Waals surface area contributed by atoms with Gasteiger partial charge in [-0.25, -0.2) is 0 Å². The zero-order chi connectivity index (χ0) is 15.3. The molecule has 0 bridgehead atoms. The van der Waals surface area contributed by atoms with Gasteiger partial charge >= 0.3 is 0 Å². The molecule has 0 fully saturated rings. The van der Waals surface area contributed by atoms with Crippen LogP contribution >= 0.6 is 0 Å². The van der Waals surface area contributed by atoms with Crippen molar-refractivity contribution in [2.45, 2.75) is 85.9 Å². The van der Waals surface area contributed by atoms with E-state index in [-0.39, 0.29) is 11.2 Å². The quantitative estimate of drug-likeness (QED) is 0.584. The fourth-order valence-electron chi connectivity index (χ4n) is 3.06. The van der Waals surface area contributed by atoms with Gasteiger partial charge in [-0.05, 0) is 58.3 Å². The molecule has 0 aliphatic carbocycles. The predicted molar refractivity (Wildman–Crippen MR) is 83.6 cm³/mol. The van der Waals surface area contributed by atoms with Crippen molar-refractivity contribution in [1.82, 2.24) is 0 Å². The van der Waals surface area contributed by atoms with E-state index < -0.39 is 0 Å². The highest BCUT2D eigenvalue weighted by atomic mass is 16.5. The van der Waals surface area contributed by atoms with Crippen molar-refractivity contribution in [2.75, 3.05) is 13.7 Å². The van der Waals surface area contributed by atoms with E-state index in [1.807, 2.05) is 0 Å². The second-order valence-electron chi connectivity index (χ2n) is 8.26. The van der Waals surface area contributed by atoms with E-state index >= 15 is 0 Å². The van der Waals surface area contributed by atoms with Crippen molar-refractivity contribution in [3.05, 3.63) is 0 Å². The fourth-order valence-corrected chi connectivity index (χ4v) is 3.06. The minimum atomic E-state index is -0.0937. The van der Waals surface area contributed by atoms with Crippen LogP contribution in [0.4, 0.5) is 0 Å². The summed E-state index contributed by atoms with van der Waals surface area (Å²) in [6, 6.07) is 0. The highest BCUT2D eigenvalue weighted by molar-refractivity contribution is 4.81. The molecule has 0 saturated carbocycles. The van der Waals surface area contributed by atoms with E-state index in [1.54, 1.807) is 7.11 Å². The molecule has 19 heavy (non-hydrogen) atoms. The fraction of sp³-hybridized carbons (Fsp3) is 1.00. The van der Waals surface area contributed by atoms with Crippen LogP contribution in [0.5, 0.6) is 0 Å². The Bertz CT molecular complexity index is 252. The molecule has 0 heterocycles. The Labute approximate surface area is 121 Å². The van der Waals surface area contributed by atoms with Crippen molar-refractivity contribution in [3.8, 4) is 0 Å². The number of hydrogen-bond acceptors (Lipinski definition) is 2. The molecular weight excluding hydrogens is 236 g/mol. The molecule has 0 rings (SSSR count). The van der Waals surface area contributed by atoms with Crippen LogP contribution in [-0.4, -0.2) is 24.9 Å². The third kappa shape index (κ3) is 9.45. The number of hydrogen-bond donors (Lipinski definition) is 0. The average Bonchev–Trinajstić information content (AvgIpc) is 2.12. The molecule has 0 radical (unpaired) electrons. The summed E-state index contributed by atoms with van der Waals surface area (Å²) in [6.07, 6.45) is 3.26. The zero-order valence-corrected chi connectivity index (χ0v) is 14.7. The van der Waals surface area contributed by atoms with Gasteiger partial charge in [0.1, 0.15) is 0 Å². The molecule has 0 aromatic heterocycles. The minimum Gasteiger partial charge on any atom is -0.379 e. The first kappa shape index (κ1) is 18.9. The molecule has 0 aliphatic rings. The molecular formula is C17H36O2. The smallest absolute Gasteiger partial charge is 0.0644 e. The van der Waals surface area contributed by atoms with Crippen LogP contribution in [-0.2, 0) is 9.47 Å². The lowest BCUT2D eigenvalue weighted by Crippen LogP contribution is -2.34. The predicted octanol–water partition coefficient (Wildman–Crippen LogP) is 5.06. The summed E-state index contributed by atoms with van der Waals surface area (Å²) in [7, 11) is 1.76. The lowest BCUT2D eigenvalue weighted by atomic mass is 9.76. The Hall–Kier alpha value is -0.0800. The number of ether oxygens (including phenoxy) is 2. The third-order valence-electron chi connectivity index (χ3n) is 3.61. The lowest BCUT2D eigenvalue weighted by Gasteiger charge is -2.36. The van der Waals surface area contributed by atoms with Crippen LogP contribution in [0.15, 0.2) is 0 Å². The van der Waals surface area contributed by atoms with Crippen LogP contribution in [0.3, 0.4) is 0 Å². The minimum absolute atomic E-state index is 0.0673. The van der Waals surface area contributed by atoms with Gasteiger partial charge in [0, 0.05) is 7.11 Å². The van der Waals surface area contributed by atoms with Crippen LogP contribution in [0, 0.1) is 11.3 Å². The van der Waals surface area contributed by atoms with Gasteiger partial charge in [-0.2, -0.15) is 0 Å². The Kier molecular flexibility index (Phi) is 7.05. The van der Waals surface area contributed by atoms with E-state index in [1.165, 1.54) is 6.42 Å². The molecule has 116 valence electrons. The maximum Gasteiger partial charge on any atom is 0.0644 e. The summed E-state index contributed by atoms with van der Waals surface area (Å²) in [4.78, 5) is 0. The van der Waals surface area contributed by atoms with Gasteiger partial charge in [0.05, 0.1) is 17.8 Å². The Morgan fingerprint density at radius 2 is 1.42 bits per heavy atom. The molecule has 0 unspecified atom stereocenters. The highest BCUT2D eigenvalue weighted by Crippen LogP contribution is 2.35. The van der Waals surface area contributed by atoms with E-state index in [2.05, 4.69) is 55.4 Å². The molecule has 0 aromatic rings. The van der Waals surface area contributed by atoms with Gasteiger partial charge in [-0.1, -0.05) is 27.7 Å². The van der Waals surface area contributed by atoms with Crippen LogP contribution in [0.25, 0.3) is 0 Å². The topological polar surface area (TPSA) is 18.5 Å². The Morgan fingerprint density at radius 1 is 0.895 bits per heavy atom. The first-order valence-corrected chi connectivity index (χ1v) is 7.58. The first-order chi connectivity index (χ1) is 8.39. The molecule has 0 N–H and O–H groups in total. The van der Waals surface area contributed by atoms with E-state index in [0.29, 0.717) is 5.41 Å². The molecule has 2 nitrogen and oxygen atoms in total. The number of rotatable bonds is 9. The largest absolute Gasteiger partial charge is 0.379 e. The Morgan fingerprint density at radius 3 is 1.84 bits per heavy atom. The van der Waals surface area contributed by atoms with Crippen molar-refractivity contribution in [1.29, 1.82) is 0 Å². The zero-order valence-electron chi connectivity index (χ0n) is 14.7. The van der Waals surface area contributed by atoms with Crippen molar-refractivity contribution in [3.63, 3.8) is 0 Å². The third-order valence-corrected chi connectivity index (χ3v) is 3.61. The van der Waals surface area contributed by atoms with Crippen LogP contribution in [0.1, 0.15) is 74.7 Å². The van der Waals surface area contributed by atoms with Crippen LogP contribution in [0.2, 0.25) is 0 Å². The van der Waals surface area contributed by atoms with Gasteiger partial charge in [0.15, 0.2) is 0 Å². The van der Waals surface area contributed by atoms with Gasteiger partial charge in [0.2, 0.25) is 0 Å². The summed E-state index contributed by atoms with van der Waals surface area (Å²) >= 11 is 0. The van der Waals surface area contributed by atoms with Gasteiger partial charge in [0.25, 0.3) is 0 Å². The Balaban J connectivity index is 4.25. The molecule has 0 spiro atoms. The lowest BCUT2D eigenvalue weighted by molar-refractivity contribution is -0.0757. The second kappa shape index (κ2) is 7.08. The monoisotopic (exact) mass is 272 g/mol. The van der Waals surface area contributed by atoms with Crippen molar-refractivity contribution >= 4 is 0 Å². The maximum atomic E-state index is 6.10. The summed E-state index contributed by atoms with van der Waals surface area (Å²) < 4.78 is 11.5. The molecule has 0 amide bonds. The molecule has 0 saturated heterocycles. The van der Waals surface area contributed by atoms with Gasteiger partial charge in [-0.3, -0.25) is 0 Å². The van der Waals surface area contributed by atoms with Gasteiger partial charge < -0.3 is 9.47 Å². The molecule has 0 aromatic carbocycles. The standard InChI is InChI=1S/C17H36O2/c1-14(2)12-15(3,4)13-17(7,8)19-11-10-16(5,6)18-9/h14H,10-13H2,1-9H3. The van der Waals surface area contributed by atoms with Crippen molar-refractivity contribution in [2.24, 2.45) is 11.3 Å².